The average molecular weight is 381 g/mol. The second-order valence-electron chi connectivity index (χ2n) is 7.85. The van der Waals surface area contributed by atoms with Crippen molar-refractivity contribution < 1.29 is 0 Å². The van der Waals surface area contributed by atoms with Gasteiger partial charge in [-0.2, -0.15) is 0 Å². The number of fused-ring (bicyclic) bond motifs is 6. The van der Waals surface area contributed by atoms with E-state index in [1.54, 1.807) is 19.4 Å². The molecule has 3 heterocycles. The van der Waals surface area contributed by atoms with Gasteiger partial charge in [-0.25, -0.2) is 0 Å². The molecule has 0 atom stereocenters. The summed E-state index contributed by atoms with van der Waals surface area (Å²) in [6.07, 6.45) is 0. The van der Waals surface area contributed by atoms with Gasteiger partial charge in [0.25, 0.3) is 0 Å². The van der Waals surface area contributed by atoms with Crippen LogP contribution in [0.2, 0.25) is 26.2 Å². The lowest BCUT2D eigenvalue weighted by molar-refractivity contribution is 1.78. The molecule has 0 unspecified atom stereocenters. The Balaban J connectivity index is 1.99. The Bertz CT molecular complexity index is 1030. The molecule has 0 saturated heterocycles. The van der Waals surface area contributed by atoms with Crippen molar-refractivity contribution in [3.63, 3.8) is 0 Å². The van der Waals surface area contributed by atoms with E-state index in [1.165, 1.54) is 20.2 Å². The SMILES string of the molecule is C[Si]1(C)c2sc3ccccc3c2[Si](C)(C)c2c1sc1ccccc21. The highest BCUT2D eigenvalue weighted by Gasteiger charge is 2.48. The van der Waals surface area contributed by atoms with Gasteiger partial charge in [-0.3, -0.25) is 0 Å². The van der Waals surface area contributed by atoms with E-state index in [2.05, 4.69) is 97.4 Å². The molecular formula is C20H20S2Si2. The van der Waals surface area contributed by atoms with Crippen molar-refractivity contribution in [3.05, 3.63) is 48.5 Å². The van der Waals surface area contributed by atoms with E-state index in [0.29, 0.717) is 0 Å². The van der Waals surface area contributed by atoms with Crippen molar-refractivity contribution >= 4 is 78.4 Å². The highest BCUT2D eigenvalue weighted by Crippen LogP contribution is 2.31. The van der Waals surface area contributed by atoms with Gasteiger partial charge in [-0.05, 0) is 42.3 Å². The van der Waals surface area contributed by atoms with E-state index in [0.717, 1.165) is 0 Å². The first-order valence-corrected chi connectivity index (χ1v) is 16.1. The summed E-state index contributed by atoms with van der Waals surface area (Å²) in [4.78, 5) is 0. The average Bonchev–Trinajstić information content (AvgIpc) is 3.14. The van der Waals surface area contributed by atoms with Crippen molar-refractivity contribution in [1.82, 2.24) is 0 Å². The first-order valence-electron chi connectivity index (χ1n) is 8.47. The molecule has 4 aromatic rings. The normalized spacial score (nSPS) is 17.8. The number of hydrogen-bond acceptors (Lipinski definition) is 2. The summed E-state index contributed by atoms with van der Waals surface area (Å²) >= 11 is 4.17. The van der Waals surface area contributed by atoms with Crippen LogP contribution >= 0.6 is 22.7 Å². The van der Waals surface area contributed by atoms with Gasteiger partial charge in [-0.1, -0.05) is 62.6 Å². The van der Waals surface area contributed by atoms with Crippen LogP contribution in [0, 0.1) is 0 Å². The molecule has 0 N–H and O–H groups in total. The van der Waals surface area contributed by atoms with Gasteiger partial charge in [0.1, 0.15) is 16.1 Å². The number of hydrogen-bond donors (Lipinski definition) is 0. The summed E-state index contributed by atoms with van der Waals surface area (Å²) in [7, 11) is -3.30. The maximum atomic E-state index is 2.58. The molecule has 0 nitrogen and oxygen atoms in total. The molecule has 1 aliphatic heterocycles. The molecule has 0 amide bonds. The van der Waals surface area contributed by atoms with Crippen LogP contribution in [0.15, 0.2) is 48.5 Å². The summed E-state index contributed by atoms with van der Waals surface area (Å²) in [5.41, 5.74) is 0. The molecule has 0 aliphatic carbocycles. The largest absolute Gasteiger partial charge is 0.145 e. The second kappa shape index (κ2) is 4.70. The van der Waals surface area contributed by atoms with Crippen molar-refractivity contribution in [3.8, 4) is 0 Å². The Morgan fingerprint density at radius 2 is 1.00 bits per heavy atom. The molecule has 5 rings (SSSR count). The number of benzene rings is 2. The molecule has 0 spiro atoms. The molecule has 0 saturated carbocycles. The molecule has 120 valence electrons. The monoisotopic (exact) mass is 380 g/mol. The minimum absolute atomic E-state index is 1.49. The maximum Gasteiger partial charge on any atom is 0.137 e. The van der Waals surface area contributed by atoms with E-state index in [9.17, 15) is 0 Å². The molecule has 0 fully saturated rings. The van der Waals surface area contributed by atoms with Crippen LogP contribution in [0.3, 0.4) is 0 Å². The third-order valence-corrected chi connectivity index (χ3v) is 18.4. The van der Waals surface area contributed by atoms with Gasteiger partial charge in [-0.15, -0.1) is 22.7 Å². The van der Waals surface area contributed by atoms with E-state index in [1.807, 2.05) is 0 Å². The van der Waals surface area contributed by atoms with E-state index in [4.69, 9.17) is 0 Å². The van der Waals surface area contributed by atoms with Crippen LogP contribution in [-0.4, -0.2) is 16.1 Å². The zero-order valence-corrected chi connectivity index (χ0v) is 18.1. The topological polar surface area (TPSA) is 0 Å². The second-order valence-corrected chi connectivity index (χ2v) is 19.2. The lowest BCUT2D eigenvalue weighted by atomic mass is 10.3. The quantitative estimate of drug-likeness (QED) is 0.403. The third-order valence-electron chi connectivity index (χ3n) is 5.58. The summed E-state index contributed by atoms with van der Waals surface area (Å²) in [6.45, 7) is 10.3. The fraction of sp³-hybridized carbons (Fsp3) is 0.200. The van der Waals surface area contributed by atoms with Crippen molar-refractivity contribution in [2.45, 2.75) is 26.2 Å². The Hall–Kier alpha value is -1.21. The van der Waals surface area contributed by atoms with E-state index >= 15 is 0 Å². The van der Waals surface area contributed by atoms with Crippen LogP contribution < -0.4 is 19.4 Å². The predicted octanol–water partition coefficient (Wildman–Crippen LogP) is 4.07. The highest BCUT2D eigenvalue weighted by molar-refractivity contribution is 7.46. The zero-order valence-electron chi connectivity index (χ0n) is 14.4. The number of thiophene rings is 2. The van der Waals surface area contributed by atoms with Gasteiger partial charge < -0.3 is 0 Å². The fourth-order valence-electron chi connectivity index (χ4n) is 4.44. The van der Waals surface area contributed by atoms with Crippen molar-refractivity contribution in [2.75, 3.05) is 0 Å². The highest BCUT2D eigenvalue weighted by atomic mass is 32.1. The van der Waals surface area contributed by atoms with Gasteiger partial charge in [0.15, 0.2) is 0 Å². The lowest BCUT2D eigenvalue weighted by Crippen LogP contribution is -2.75. The minimum Gasteiger partial charge on any atom is -0.145 e. The Kier molecular flexibility index (Phi) is 2.95. The summed E-state index contributed by atoms with van der Waals surface area (Å²) in [6, 6.07) is 18.2. The molecule has 0 bridgehead atoms. The molecule has 1 aliphatic rings. The van der Waals surface area contributed by atoms with Crippen molar-refractivity contribution in [1.29, 1.82) is 0 Å². The summed E-state index contributed by atoms with van der Waals surface area (Å²) in [5.74, 6) is 0. The van der Waals surface area contributed by atoms with Crippen LogP contribution in [-0.2, 0) is 0 Å². The van der Waals surface area contributed by atoms with Crippen LogP contribution in [0.1, 0.15) is 0 Å². The first kappa shape index (κ1) is 15.1. The van der Waals surface area contributed by atoms with Crippen molar-refractivity contribution in [2.24, 2.45) is 0 Å². The smallest absolute Gasteiger partial charge is 0.137 e. The fourth-order valence-corrected chi connectivity index (χ4v) is 20.3. The van der Waals surface area contributed by atoms with E-state index < -0.39 is 16.1 Å². The van der Waals surface area contributed by atoms with E-state index in [-0.39, 0.29) is 0 Å². The Morgan fingerprint density at radius 3 is 1.46 bits per heavy atom. The maximum absolute atomic E-state index is 2.58. The lowest BCUT2D eigenvalue weighted by Gasteiger charge is -2.37. The molecule has 0 radical (unpaired) electrons. The standard InChI is InChI=1S/C20H20S2Si2/c1-23(2)17-13-9-5-7-11-15(13)21-19(17)24(3,4)20-18(23)14-10-6-8-12-16(14)22-20/h5-12H,1-4H3. The summed E-state index contributed by atoms with van der Waals surface area (Å²) in [5, 5.41) is 6.57. The minimum atomic E-state index is -1.69. The van der Waals surface area contributed by atoms with Crippen LogP contribution in [0.5, 0.6) is 0 Å². The van der Waals surface area contributed by atoms with Gasteiger partial charge in [0, 0.05) is 9.40 Å². The first-order chi connectivity index (χ1) is 11.4. The van der Waals surface area contributed by atoms with Gasteiger partial charge >= 0.3 is 0 Å². The molecule has 2 aromatic carbocycles. The molecule has 4 heteroatoms. The van der Waals surface area contributed by atoms with Crippen LogP contribution in [0.25, 0.3) is 20.2 Å². The van der Waals surface area contributed by atoms with Gasteiger partial charge in [0.05, 0.1) is 0 Å². The Morgan fingerprint density at radius 1 is 0.583 bits per heavy atom. The predicted molar refractivity (Wildman–Crippen MR) is 117 cm³/mol. The third kappa shape index (κ3) is 1.72. The molecule has 24 heavy (non-hydrogen) atoms. The zero-order chi connectivity index (χ0) is 16.7. The number of rotatable bonds is 0. The van der Waals surface area contributed by atoms with Gasteiger partial charge in [0.2, 0.25) is 0 Å². The van der Waals surface area contributed by atoms with Crippen LogP contribution in [0.4, 0.5) is 0 Å². The molecule has 2 aromatic heterocycles. The summed E-state index contributed by atoms with van der Waals surface area (Å²) < 4.78 is 6.48. The Labute approximate surface area is 152 Å². The molecular weight excluding hydrogens is 361 g/mol.